The first-order valence-corrected chi connectivity index (χ1v) is 19.1. The third kappa shape index (κ3) is 10.8. The van der Waals surface area contributed by atoms with Crippen molar-refractivity contribution in [2.24, 2.45) is 0 Å². The Morgan fingerprint density at radius 3 is 1.62 bits per heavy atom. The number of nitrogen functional groups attached to an aromatic ring is 1. The molecule has 4 aromatic carbocycles. The number of ether oxygens (including phenoxy) is 2. The summed E-state index contributed by atoms with van der Waals surface area (Å²) >= 11 is 0. The molecule has 4 aromatic rings. The molecule has 0 amide bonds. The Kier molecular flexibility index (Phi) is 17.0. The maximum Gasteiger partial charge on any atom is 2.00 e. The second-order valence-corrected chi connectivity index (χ2v) is 16.1. The minimum atomic E-state index is -0.213. The molecule has 0 heterocycles. The fourth-order valence-electron chi connectivity index (χ4n) is 7.10. The molecular weight excluding hydrogens is 723 g/mol. The molecule has 2 N–H and O–H groups in total. The van der Waals surface area contributed by atoms with Crippen molar-refractivity contribution in [1.82, 2.24) is 0 Å². The van der Waals surface area contributed by atoms with E-state index in [-0.39, 0.29) is 53.0 Å². The Balaban J connectivity index is 0.000000350. The molecule has 48 heavy (non-hydrogen) atoms. The van der Waals surface area contributed by atoms with Gasteiger partial charge in [-0.05, 0) is 99.5 Å². The van der Waals surface area contributed by atoms with Gasteiger partial charge in [-0.15, -0.1) is 35.9 Å². The van der Waals surface area contributed by atoms with Crippen molar-refractivity contribution in [3.8, 4) is 33.8 Å². The molecule has 0 radical (unpaired) electrons. The quantitative estimate of drug-likeness (QED) is 0.0804. The first-order chi connectivity index (χ1) is 22.4. The molecule has 2 fully saturated rings. The summed E-state index contributed by atoms with van der Waals surface area (Å²) in [7, 11) is -0.213. The average Bonchev–Trinajstić information content (AvgIpc) is 3.07. The van der Waals surface area contributed by atoms with Crippen molar-refractivity contribution in [1.29, 1.82) is 0 Å². The number of hydrogen-bond donors (Lipinski definition) is 1. The number of rotatable bonds is 9. The van der Waals surface area contributed by atoms with Gasteiger partial charge >= 0.3 is 20.4 Å². The molecule has 6 heteroatoms. The predicted molar refractivity (Wildman–Crippen MR) is 199 cm³/mol. The standard InChI is InChI=1S/C30H43O2P.C12H10N.ClH.Pd/c1-22(2)31-27-19-13-20-28(32-23(3)4)30(27)26-18-11-12-21-29(26)33(24-14-7-5-8-15-24)25-16-9-6-10-17-25;13-12-9-5-4-8-11(12)10-6-2-1-3-7-10;;/h11-13,18-25H,5-10,14-17H2,1-4H3;1-6,8-9H,13H2;1H;/q;-1;;+2/p-1. The van der Waals surface area contributed by atoms with Crippen LogP contribution in [0.25, 0.3) is 22.3 Å². The Hall–Kier alpha value is -2.34. The smallest absolute Gasteiger partial charge is 1.00 e. The average molecular weight is 777 g/mol. The van der Waals surface area contributed by atoms with Crippen LogP contribution in [0.4, 0.5) is 5.69 Å². The van der Waals surface area contributed by atoms with Crippen LogP contribution in [-0.4, -0.2) is 23.5 Å². The molecule has 260 valence electrons. The summed E-state index contributed by atoms with van der Waals surface area (Å²) in [5, 5.41) is 1.60. The zero-order valence-electron chi connectivity index (χ0n) is 29.1. The van der Waals surface area contributed by atoms with Gasteiger partial charge in [-0.3, -0.25) is 0 Å². The van der Waals surface area contributed by atoms with E-state index >= 15 is 0 Å². The van der Waals surface area contributed by atoms with E-state index in [1.807, 2.05) is 48.5 Å². The predicted octanol–water partition coefficient (Wildman–Crippen LogP) is 8.44. The molecule has 0 atom stereocenters. The van der Waals surface area contributed by atoms with Crippen LogP contribution in [0.3, 0.4) is 0 Å². The van der Waals surface area contributed by atoms with E-state index in [4.69, 9.17) is 15.2 Å². The molecule has 3 nitrogen and oxygen atoms in total. The van der Waals surface area contributed by atoms with Crippen LogP contribution in [-0.2, 0) is 20.4 Å². The van der Waals surface area contributed by atoms with Gasteiger partial charge in [0.2, 0.25) is 0 Å². The van der Waals surface area contributed by atoms with Crippen molar-refractivity contribution < 1.29 is 42.3 Å². The van der Waals surface area contributed by atoms with Crippen LogP contribution in [0.2, 0.25) is 0 Å². The third-order valence-electron chi connectivity index (χ3n) is 9.06. The van der Waals surface area contributed by atoms with Gasteiger partial charge in [-0.25, -0.2) is 0 Å². The Morgan fingerprint density at radius 2 is 1.12 bits per heavy atom. The van der Waals surface area contributed by atoms with E-state index in [1.165, 1.54) is 69.8 Å². The van der Waals surface area contributed by atoms with Crippen LogP contribution >= 0.6 is 7.92 Å². The Morgan fingerprint density at radius 1 is 0.625 bits per heavy atom. The van der Waals surface area contributed by atoms with Crippen LogP contribution in [0.15, 0.2) is 91.0 Å². The van der Waals surface area contributed by atoms with E-state index < -0.39 is 0 Å². The minimum Gasteiger partial charge on any atom is -1.00 e. The summed E-state index contributed by atoms with van der Waals surface area (Å²) in [4.78, 5) is 0. The van der Waals surface area contributed by atoms with E-state index in [0.717, 1.165) is 45.2 Å². The fraction of sp³-hybridized carbons (Fsp3) is 0.429. The molecule has 0 unspecified atom stereocenters. The van der Waals surface area contributed by atoms with Crippen molar-refractivity contribution in [3.63, 3.8) is 0 Å². The van der Waals surface area contributed by atoms with Gasteiger partial charge in [0.15, 0.2) is 0 Å². The minimum absolute atomic E-state index is 0. The summed E-state index contributed by atoms with van der Waals surface area (Å²) in [6.07, 6.45) is 14.4. The molecular formula is C42H53ClNO2PPd. The molecule has 2 aliphatic carbocycles. The first-order valence-electron chi connectivity index (χ1n) is 17.6. The van der Waals surface area contributed by atoms with Crippen molar-refractivity contribution in [2.75, 3.05) is 5.73 Å². The van der Waals surface area contributed by atoms with Gasteiger partial charge in [-0.2, -0.15) is 0 Å². The molecule has 0 aromatic heterocycles. The molecule has 2 saturated carbocycles. The van der Waals surface area contributed by atoms with Crippen molar-refractivity contribution >= 4 is 18.9 Å². The summed E-state index contributed by atoms with van der Waals surface area (Å²) in [5.74, 6) is 1.91. The molecule has 0 saturated heterocycles. The van der Waals surface area contributed by atoms with Crippen LogP contribution in [0.1, 0.15) is 91.9 Å². The maximum absolute atomic E-state index is 6.37. The molecule has 0 aliphatic heterocycles. The monoisotopic (exact) mass is 775 g/mol. The van der Waals surface area contributed by atoms with Gasteiger partial charge in [-0.1, -0.05) is 101 Å². The Bertz CT molecular complexity index is 1460. The maximum atomic E-state index is 6.37. The van der Waals surface area contributed by atoms with Crippen molar-refractivity contribution in [2.45, 2.75) is 115 Å². The second kappa shape index (κ2) is 20.4. The zero-order chi connectivity index (χ0) is 32.3. The first kappa shape index (κ1) is 40.1. The second-order valence-electron chi connectivity index (χ2n) is 13.3. The van der Waals surface area contributed by atoms with Crippen LogP contribution in [0.5, 0.6) is 11.5 Å². The molecule has 0 spiro atoms. The van der Waals surface area contributed by atoms with E-state index in [9.17, 15) is 0 Å². The van der Waals surface area contributed by atoms with Gasteiger partial charge in [0, 0.05) is 0 Å². The summed E-state index contributed by atoms with van der Waals surface area (Å²) in [6.45, 7) is 8.45. The summed E-state index contributed by atoms with van der Waals surface area (Å²) in [5.41, 5.74) is 13.0. The van der Waals surface area contributed by atoms with E-state index in [2.05, 4.69) is 76.2 Å². The van der Waals surface area contributed by atoms with Crippen molar-refractivity contribution in [3.05, 3.63) is 97.1 Å². The number of halogens is 1. The van der Waals surface area contributed by atoms with Crippen LogP contribution < -0.4 is 32.9 Å². The number of hydrogen-bond acceptors (Lipinski definition) is 3. The summed E-state index contributed by atoms with van der Waals surface area (Å²) in [6, 6.07) is 34.4. The third-order valence-corrected chi connectivity index (χ3v) is 12.6. The summed E-state index contributed by atoms with van der Waals surface area (Å²) < 4.78 is 12.7. The van der Waals surface area contributed by atoms with Gasteiger partial charge in [0.05, 0.1) is 17.8 Å². The van der Waals surface area contributed by atoms with Gasteiger partial charge in [0.25, 0.3) is 0 Å². The number of benzene rings is 4. The zero-order valence-corrected chi connectivity index (χ0v) is 32.3. The van der Waals surface area contributed by atoms with E-state index in [1.54, 1.807) is 5.30 Å². The fourth-order valence-corrected chi connectivity index (χ4v) is 11.1. The molecule has 6 rings (SSSR count). The number of anilines is 1. The molecule has 2 aliphatic rings. The topological polar surface area (TPSA) is 44.5 Å². The number of para-hydroxylation sites is 1. The number of nitrogens with two attached hydrogens (primary N) is 1. The Labute approximate surface area is 311 Å². The van der Waals surface area contributed by atoms with Gasteiger partial charge < -0.3 is 27.6 Å². The molecule has 0 bridgehead atoms. The van der Waals surface area contributed by atoms with Gasteiger partial charge in [0.1, 0.15) is 11.5 Å². The van der Waals surface area contributed by atoms with Crippen LogP contribution in [0, 0.1) is 6.07 Å². The largest absolute Gasteiger partial charge is 2.00 e. The SMILES string of the molecule is CC(C)Oc1cccc(OC(C)C)c1-c1ccccc1P(C1CCCCC1)C1CCCCC1.Nc1ccccc1-c1[c-]cccc1.[Cl-].[Pd+2]. The normalized spacial score (nSPS) is 15.2. The van der Waals surface area contributed by atoms with E-state index in [0.29, 0.717) is 0 Å².